The number of nitrogens with zero attached hydrogens (tertiary/aromatic N) is 1. The standard InChI is InChI=1S/C21H26N2O7S2/c1-3-30-19-9-8-18(14-20(19)32(27,28)23-10-12-29-13-11-23)22-21(24)17-6-4-16(5-7-17)15-31(2,25)26/h4-9,14H,3,10-13,15H2,1-2H3,(H,22,24). The molecule has 32 heavy (non-hydrogen) atoms. The van der Waals surface area contributed by atoms with Crippen LogP contribution in [0.25, 0.3) is 0 Å². The average molecular weight is 483 g/mol. The molecule has 0 spiro atoms. The van der Waals surface area contributed by atoms with Gasteiger partial charge in [-0.15, -0.1) is 0 Å². The Morgan fingerprint density at radius 2 is 1.72 bits per heavy atom. The zero-order valence-electron chi connectivity index (χ0n) is 17.9. The van der Waals surface area contributed by atoms with Gasteiger partial charge in [0.2, 0.25) is 10.0 Å². The summed E-state index contributed by atoms with van der Waals surface area (Å²) in [4.78, 5) is 12.6. The number of sulfone groups is 1. The van der Waals surface area contributed by atoms with Crippen molar-refractivity contribution < 1.29 is 31.1 Å². The zero-order chi connectivity index (χ0) is 23.4. The number of rotatable bonds is 8. The predicted octanol–water partition coefficient (Wildman–Crippen LogP) is 1.90. The molecule has 11 heteroatoms. The number of hydrogen-bond acceptors (Lipinski definition) is 7. The molecule has 2 aromatic carbocycles. The van der Waals surface area contributed by atoms with E-state index in [4.69, 9.17) is 9.47 Å². The molecule has 1 amide bonds. The summed E-state index contributed by atoms with van der Waals surface area (Å²) in [5, 5.41) is 2.69. The zero-order valence-corrected chi connectivity index (χ0v) is 19.5. The number of carbonyl (C=O) groups is 1. The molecule has 0 unspecified atom stereocenters. The molecule has 0 aliphatic carbocycles. The molecule has 1 aliphatic heterocycles. The van der Waals surface area contributed by atoms with Gasteiger partial charge in [0.1, 0.15) is 10.6 Å². The van der Waals surface area contributed by atoms with E-state index in [0.29, 0.717) is 30.0 Å². The lowest BCUT2D eigenvalue weighted by Gasteiger charge is -2.27. The van der Waals surface area contributed by atoms with Gasteiger partial charge in [-0.2, -0.15) is 4.31 Å². The molecular weight excluding hydrogens is 456 g/mol. The second-order valence-electron chi connectivity index (χ2n) is 7.33. The first-order valence-corrected chi connectivity index (χ1v) is 13.5. The number of ether oxygens (including phenoxy) is 2. The van der Waals surface area contributed by atoms with Gasteiger partial charge in [0.15, 0.2) is 9.84 Å². The van der Waals surface area contributed by atoms with Gasteiger partial charge in [-0.25, -0.2) is 16.8 Å². The van der Waals surface area contributed by atoms with Crippen molar-refractivity contribution in [3.05, 3.63) is 53.6 Å². The summed E-state index contributed by atoms with van der Waals surface area (Å²) in [6.07, 6.45) is 1.14. The van der Waals surface area contributed by atoms with Crippen molar-refractivity contribution in [3.8, 4) is 5.75 Å². The molecule has 1 N–H and O–H groups in total. The van der Waals surface area contributed by atoms with E-state index in [-0.39, 0.29) is 36.1 Å². The fourth-order valence-corrected chi connectivity index (χ4v) is 5.61. The molecule has 0 radical (unpaired) electrons. The van der Waals surface area contributed by atoms with Crippen molar-refractivity contribution in [2.45, 2.75) is 17.6 Å². The van der Waals surface area contributed by atoms with Crippen molar-refractivity contribution in [3.63, 3.8) is 0 Å². The Morgan fingerprint density at radius 3 is 2.31 bits per heavy atom. The molecule has 0 atom stereocenters. The lowest BCUT2D eigenvalue weighted by Crippen LogP contribution is -2.40. The number of anilines is 1. The molecule has 1 aliphatic rings. The summed E-state index contributed by atoms with van der Waals surface area (Å²) in [7, 11) is -7.02. The smallest absolute Gasteiger partial charge is 0.255 e. The third-order valence-electron chi connectivity index (χ3n) is 4.73. The second-order valence-corrected chi connectivity index (χ2v) is 11.4. The lowest BCUT2D eigenvalue weighted by molar-refractivity contribution is 0.0729. The Labute approximate surface area is 188 Å². The van der Waals surface area contributed by atoms with Gasteiger partial charge >= 0.3 is 0 Å². The fraction of sp³-hybridized carbons (Fsp3) is 0.381. The van der Waals surface area contributed by atoms with Crippen LogP contribution in [0.15, 0.2) is 47.4 Å². The number of sulfonamides is 1. The van der Waals surface area contributed by atoms with E-state index < -0.39 is 25.8 Å². The third-order valence-corrected chi connectivity index (χ3v) is 7.51. The average Bonchev–Trinajstić information content (AvgIpc) is 2.75. The van der Waals surface area contributed by atoms with Crippen LogP contribution in [-0.4, -0.2) is 66.2 Å². The summed E-state index contributed by atoms with van der Waals surface area (Å²) in [5.41, 5.74) is 1.18. The van der Waals surface area contributed by atoms with E-state index in [2.05, 4.69) is 5.32 Å². The number of carbonyl (C=O) groups excluding carboxylic acids is 1. The maximum Gasteiger partial charge on any atom is 0.255 e. The summed E-state index contributed by atoms with van der Waals surface area (Å²) < 4.78 is 61.3. The monoisotopic (exact) mass is 482 g/mol. The third kappa shape index (κ3) is 6.06. The maximum atomic E-state index is 13.2. The van der Waals surface area contributed by atoms with Crippen LogP contribution in [-0.2, 0) is 30.4 Å². The van der Waals surface area contributed by atoms with Gasteiger partial charge in [-0.3, -0.25) is 4.79 Å². The Bertz CT molecular complexity index is 1170. The van der Waals surface area contributed by atoms with E-state index in [1.54, 1.807) is 25.1 Å². The van der Waals surface area contributed by atoms with E-state index >= 15 is 0 Å². The molecule has 0 aromatic heterocycles. The summed E-state index contributed by atoms with van der Waals surface area (Å²) >= 11 is 0. The Morgan fingerprint density at radius 1 is 1.06 bits per heavy atom. The highest BCUT2D eigenvalue weighted by atomic mass is 32.2. The lowest BCUT2D eigenvalue weighted by atomic mass is 10.1. The van der Waals surface area contributed by atoms with Crippen LogP contribution in [0.4, 0.5) is 5.69 Å². The topological polar surface area (TPSA) is 119 Å². The van der Waals surface area contributed by atoms with Gasteiger partial charge in [0.25, 0.3) is 5.91 Å². The van der Waals surface area contributed by atoms with Crippen LogP contribution in [0.1, 0.15) is 22.8 Å². The molecule has 1 heterocycles. The number of benzene rings is 2. The van der Waals surface area contributed by atoms with Gasteiger partial charge < -0.3 is 14.8 Å². The van der Waals surface area contributed by atoms with Crippen molar-refractivity contribution in [2.24, 2.45) is 0 Å². The van der Waals surface area contributed by atoms with Gasteiger partial charge in [0.05, 0.1) is 25.6 Å². The van der Waals surface area contributed by atoms with Crippen molar-refractivity contribution in [1.82, 2.24) is 4.31 Å². The minimum Gasteiger partial charge on any atom is -0.492 e. The van der Waals surface area contributed by atoms with Crippen molar-refractivity contribution in [2.75, 3.05) is 44.5 Å². The molecule has 0 saturated carbocycles. The quantitative estimate of drug-likeness (QED) is 0.610. The number of nitrogens with one attached hydrogen (secondary N) is 1. The maximum absolute atomic E-state index is 13.2. The van der Waals surface area contributed by atoms with E-state index in [0.717, 1.165) is 6.26 Å². The molecular formula is C21H26N2O7S2. The minimum atomic E-state index is -3.84. The van der Waals surface area contributed by atoms with Crippen LogP contribution in [0.5, 0.6) is 5.75 Å². The first-order chi connectivity index (χ1) is 15.1. The largest absolute Gasteiger partial charge is 0.492 e. The van der Waals surface area contributed by atoms with Gasteiger partial charge in [-0.1, -0.05) is 12.1 Å². The predicted molar refractivity (Wildman–Crippen MR) is 120 cm³/mol. The van der Waals surface area contributed by atoms with E-state index in [1.807, 2.05) is 0 Å². The summed E-state index contributed by atoms with van der Waals surface area (Å²) in [5.74, 6) is -0.354. The summed E-state index contributed by atoms with van der Waals surface area (Å²) in [6.45, 7) is 3.16. The molecule has 0 bridgehead atoms. The number of morpholine rings is 1. The second kappa shape index (κ2) is 9.99. The van der Waals surface area contributed by atoms with Crippen LogP contribution in [0.2, 0.25) is 0 Å². The number of amides is 1. The first-order valence-electron chi connectivity index (χ1n) is 10.0. The van der Waals surface area contributed by atoms with Crippen LogP contribution >= 0.6 is 0 Å². The Balaban J connectivity index is 1.84. The molecule has 3 rings (SSSR count). The highest BCUT2D eigenvalue weighted by molar-refractivity contribution is 7.90. The molecule has 2 aromatic rings. The first kappa shape index (κ1) is 24.2. The molecule has 9 nitrogen and oxygen atoms in total. The highest BCUT2D eigenvalue weighted by Gasteiger charge is 2.29. The molecule has 174 valence electrons. The van der Waals surface area contributed by atoms with Gasteiger partial charge in [0, 0.05) is 30.6 Å². The van der Waals surface area contributed by atoms with Crippen molar-refractivity contribution >= 4 is 31.5 Å². The van der Waals surface area contributed by atoms with Crippen molar-refractivity contribution in [1.29, 1.82) is 0 Å². The Hall–Kier alpha value is -2.47. The van der Waals surface area contributed by atoms with Crippen LogP contribution in [0, 0.1) is 0 Å². The van der Waals surface area contributed by atoms with Crippen LogP contribution in [0.3, 0.4) is 0 Å². The SMILES string of the molecule is CCOc1ccc(NC(=O)c2ccc(CS(C)(=O)=O)cc2)cc1S(=O)(=O)N1CCOCC1. The summed E-state index contributed by atoms with van der Waals surface area (Å²) in [6, 6.07) is 10.7. The highest BCUT2D eigenvalue weighted by Crippen LogP contribution is 2.30. The normalized spacial score (nSPS) is 15.3. The molecule has 1 saturated heterocycles. The van der Waals surface area contributed by atoms with E-state index in [9.17, 15) is 21.6 Å². The van der Waals surface area contributed by atoms with Gasteiger partial charge in [-0.05, 0) is 42.8 Å². The minimum absolute atomic E-state index is 0.0254. The fourth-order valence-electron chi connectivity index (χ4n) is 3.25. The Kier molecular flexibility index (Phi) is 7.55. The van der Waals surface area contributed by atoms with Crippen LogP contribution < -0.4 is 10.1 Å². The number of hydrogen-bond donors (Lipinski definition) is 1. The molecule has 1 fully saturated rings. The van der Waals surface area contributed by atoms with E-state index in [1.165, 1.54) is 28.6 Å².